The molecule has 22 heavy (non-hydrogen) atoms. The summed E-state index contributed by atoms with van der Waals surface area (Å²) in [5.74, 6) is 0. The molecule has 1 aliphatic rings. The smallest absolute Gasteiger partial charge is 0.410 e. The van der Waals surface area contributed by atoms with Crippen LogP contribution in [0.3, 0.4) is 0 Å². The summed E-state index contributed by atoms with van der Waals surface area (Å²) in [7, 11) is 0. The molecule has 5 nitrogen and oxygen atoms in total. The Morgan fingerprint density at radius 1 is 1.32 bits per heavy atom. The Labute approximate surface area is 135 Å². The maximum Gasteiger partial charge on any atom is 0.410 e. The van der Waals surface area contributed by atoms with Crippen LogP contribution < -0.4 is 5.32 Å². The van der Waals surface area contributed by atoms with Crippen molar-refractivity contribution in [3.8, 4) is 0 Å². The molecule has 0 radical (unpaired) electrons. The van der Waals surface area contributed by atoms with Gasteiger partial charge in [0.25, 0.3) is 0 Å². The molecule has 1 atom stereocenters. The summed E-state index contributed by atoms with van der Waals surface area (Å²) in [6.07, 6.45) is 4.07. The van der Waals surface area contributed by atoms with Gasteiger partial charge in [0.2, 0.25) is 0 Å². The molecule has 1 amide bonds. The SMILES string of the molecule is CCC(C)NCCCOC1CCN(C(=O)OC(C)(C)C)CC1. The van der Waals surface area contributed by atoms with E-state index in [2.05, 4.69) is 19.2 Å². The van der Waals surface area contributed by atoms with E-state index in [1.54, 1.807) is 4.90 Å². The predicted octanol–water partition coefficient (Wildman–Crippen LogP) is 3.18. The molecule has 0 aromatic heterocycles. The van der Waals surface area contributed by atoms with Gasteiger partial charge in [-0.1, -0.05) is 6.92 Å². The molecule has 1 saturated heterocycles. The van der Waals surface area contributed by atoms with E-state index in [1.165, 1.54) is 0 Å². The van der Waals surface area contributed by atoms with Gasteiger partial charge in [-0.3, -0.25) is 0 Å². The second-order valence-corrected chi connectivity index (χ2v) is 7.15. The zero-order chi connectivity index (χ0) is 16.6. The third-order valence-corrected chi connectivity index (χ3v) is 3.87. The van der Waals surface area contributed by atoms with Gasteiger partial charge in [-0.05, 0) is 59.9 Å². The molecule has 0 aromatic rings. The first-order chi connectivity index (χ1) is 10.3. The molecular weight excluding hydrogens is 280 g/mol. The number of hydrogen-bond acceptors (Lipinski definition) is 4. The zero-order valence-electron chi connectivity index (χ0n) is 15.0. The number of rotatable bonds is 7. The van der Waals surface area contributed by atoms with Gasteiger partial charge in [0, 0.05) is 25.7 Å². The van der Waals surface area contributed by atoms with Crippen LogP contribution >= 0.6 is 0 Å². The van der Waals surface area contributed by atoms with Crippen molar-refractivity contribution < 1.29 is 14.3 Å². The summed E-state index contributed by atoms with van der Waals surface area (Å²) >= 11 is 0. The Hall–Kier alpha value is -0.810. The second-order valence-electron chi connectivity index (χ2n) is 7.15. The van der Waals surface area contributed by atoms with Gasteiger partial charge in [-0.2, -0.15) is 0 Å². The van der Waals surface area contributed by atoms with Crippen molar-refractivity contribution in [3.05, 3.63) is 0 Å². The third kappa shape index (κ3) is 7.99. The first-order valence-corrected chi connectivity index (χ1v) is 8.64. The van der Waals surface area contributed by atoms with E-state index in [9.17, 15) is 4.79 Å². The van der Waals surface area contributed by atoms with Crippen LogP contribution in [0.15, 0.2) is 0 Å². The van der Waals surface area contributed by atoms with Crippen molar-refractivity contribution in [2.45, 2.75) is 78.0 Å². The van der Waals surface area contributed by atoms with E-state index in [1.807, 2.05) is 20.8 Å². The lowest BCUT2D eigenvalue weighted by atomic mass is 10.1. The molecule has 1 unspecified atom stereocenters. The number of nitrogens with zero attached hydrogens (tertiary/aromatic N) is 1. The van der Waals surface area contributed by atoms with E-state index < -0.39 is 5.60 Å². The number of nitrogens with one attached hydrogen (secondary N) is 1. The standard InChI is InChI=1S/C17H34N2O3/c1-6-14(2)18-10-7-13-21-15-8-11-19(12-9-15)16(20)22-17(3,4)5/h14-15,18H,6-13H2,1-5H3. The highest BCUT2D eigenvalue weighted by Crippen LogP contribution is 2.17. The Balaban J connectivity index is 2.11. The predicted molar refractivity (Wildman–Crippen MR) is 89.2 cm³/mol. The summed E-state index contributed by atoms with van der Waals surface area (Å²) in [6.45, 7) is 13.3. The molecule has 130 valence electrons. The van der Waals surface area contributed by atoms with Crippen LogP contribution in [0.5, 0.6) is 0 Å². The molecule has 1 aliphatic heterocycles. The second kappa shape index (κ2) is 9.36. The molecule has 1 N–H and O–H groups in total. The van der Waals surface area contributed by atoms with Crippen LogP contribution in [0.1, 0.15) is 60.3 Å². The minimum atomic E-state index is -0.424. The van der Waals surface area contributed by atoms with Crippen molar-refractivity contribution in [1.82, 2.24) is 10.2 Å². The lowest BCUT2D eigenvalue weighted by Crippen LogP contribution is -2.43. The fraction of sp³-hybridized carbons (Fsp3) is 0.941. The van der Waals surface area contributed by atoms with Gasteiger partial charge < -0.3 is 19.7 Å². The minimum absolute atomic E-state index is 0.205. The molecule has 1 rings (SSSR count). The summed E-state index contributed by atoms with van der Waals surface area (Å²) in [5.41, 5.74) is -0.424. The van der Waals surface area contributed by atoms with Gasteiger partial charge in [0.05, 0.1) is 6.10 Å². The van der Waals surface area contributed by atoms with Gasteiger partial charge in [-0.15, -0.1) is 0 Å². The average molecular weight is 314 g/mol. The molecule has 0 saturated carbocycles. The van der Waals surface area contributed by atoms with Crippen LogP contribution in [-0.4, -0.2) is 55.0 Å². The molecule has 0 aliphatic carbocycles. The van der Waals surface area contributed by atoms with Gasteiger partial charge in [0.15, 0.2) is 0 Å². The summed E-state index contributed by atoms with van der Waals surface area (Å²) in [4.78, 5) is 13.8. The fourth-order valence-corrected chi connectivity index (χ4v) is 2.35. The van der Waals surface area contributed by atoms with Crippen LogP contribution in [-0.2, 0) is 9.47 Å². The normalized spacial score (nSPS) is 18.3. The molecule has 0 spiro atoms. The van der Waals surface area contributed by atoms with Crippen LogP contribution in [0, 0.1) is 0 Å². The Bertz CT molecular complexity index is 320. The third-order valence-electron chi connectivity index (χ3n) is 3.87. The highest BCUT2D eigenvalue weighted by molar-refractivity contribution is 5.68. The van der Waals surface area contributed by atoms with Gasteiger partial charge >= 0.3 is 6.09 Å². The summed E-state index contributed by atoms with van der Waals surface area (Å²) in [5, 5.41) is 3.46. The van der Waals surface area contributed by atoms with Crippen LogP contribution in [0.2, 0.25) is 0 Å². The number of carbonyl (C=O) groups is 1. The molecule has 1 fully saturated rings. The van der Waals surface area contributed by atoms with E-state index in [-0.39, 0.29) is 12.2 Å². The Morgan fingerprint density at radius 2 is 1.95 bits per heavy atom. The topological polar surface area (TPSA) is 50.8 Å². The number of hydrogen-bond donors (Lipinski definition) is 1. The van der Waals surface area contributed by atoms with Crippen molar-refractivity contribution >= 4 is 6.09 Å². The maximum atomic E-state index is 12.0. The van der Waals surface area contributed by atoms with Crippen LogP contribution in [0.25, 0.3) is 0 Å². The van der Waals surface area contributed by atoms with E-state index >= 15 is 0 Å². The lowest BCUT2D eigenvalue weighted by molar-refractivity contribution is -0.0117. The number of carbonyl (C=O) groups excluding carboxylic acids is 1. The fourth-order valence-electron chi connectivity index (χ4n) is 2.35. The van der Waals surface area contributed by atoms with Gasteiger partial charge in [0.1, 0.15) is 5.60 Å². The van der Waals surface area contributed by atoms with Gasteiger partial charge in [-0.25, -0.2) is 4.79 Å². The molecule has 0 bridgehead atoms. The van der Waals surface area contributed by atoms with Crippen molar-refractivity contribution in [1.29, 1.82) is 0 Å². The largest absolute Gasteiger partial charge is 0.444 e. The van der Waals surface area contributed by atoms with Crippen molar-refractivity contribution in [2.24, 2.45) is 0 Å². The lowest BCUT2D eigenvalue weighted by Gasteiger charge is -2.33. The Kier molecular flexibility index (Phi) is 8.18. The molecule has 0 aromatic carbocycles. The highest BCUT2D eigenvalue weighted by atomic mass is 16.6. The molecular formula is C17H34N2O3. The van der Waals surface area contributed by atoms with E-state index in [4.69, 9.17) is 9.47 Å². The number of ether oxygens (including phenoxy) is 2. The number of likely N-dealkylation sites (tertiary alicyclic amines) is 1. The summed E-state index contributed by atoms with van der Waals surface area (Å²) < 4.78 is 11.3. The Morgan fingerprint density at radius 3 is 2.50 bits per heavy atom. The number of amides is 1. The number of piperidine rings is 1. The first-order valence-electron chi connectivity index (χ1n) is 8.64. The minimum Gasteiger partial charge on any atom is -0.444 e. The maximum absolute atomic E-state index is 12.0. The van der Waals surface area contributed by atoms with E-state index in [0.29, 0.717) is 6.04 Å². The zero-order valence-corrected chi connectivity index (χ0v) is 15.0. The summed E-state index contributed by atoms with van der Waals surface area (Å²) in [6, 6.07) is 0.581. The van der Waals surface area contributed by atoms with Crippen LogP contribution in [0.4, 0.5) is 4.79 Å². The van der Waals surface area contributed by atoms with Crippen molar-refractivity contribution in [3.63, 3.8) is 0 Å². The van der Waals surface area contributed by atoms with E-state index in [0.717, 1.165) is 51.9 Å². The monoisotopic (exact) mass is 314 g/mol. The average Bonchev–Trinajstić information content (AvgIpc) is 2.45. The molecule has 1 heterocycles. The van der Waals surface area contributed by atoms with Crippen molar-refractivity contribution in [2.75, 3.05) is 26.2 Å². The quantitative estimate of drug-likeness (QED) is 0.733. The molecule has 5 heteroatoms. The highest BCUT2D eigenvalue weighted by Gasteiger charge is 2.26. The first kappa shape index (κ1) is 19.2.